The number of hydrogen-bond donors (Lipinski definition) is 3. The molecule has 0 saturated carbocycles. The molecule has 3 aromatic rings. The van der Waals surface area contributed by atoms with Crippen LogP contribution >= 0.6 is 58.6 Å². The maximum absolute atomic E-state index is 12.7. The Hall–Kier alpha value is -1.76. The lowest BCUT2D eigenvalue weighted by Crippen LogP contribution is -2.56. The van der Waals surface area contributed by atoms with Crippen molar-refractivity contribution in [1.29, 1.82) is 0 Å². The molecular formula is C21H17Cl4N3OS. The first-order valence-corrected chi connectivity index (χ1v) is 10.8. The van der Waals surface area contributed by atoms with E-state index >= 15 is 0 Å². The molecule has 0 unspecified atom stereocenters. The third kappa shape index (κ3) is 6.13. The van der Waals surface area contributed by atoms with Crippen LogP contribution in [0.3, 0.4) is 0 Å². The fraction of sp³-hybridized carbons (Fsp3) is 0.143. The normalized spacial score (nSPS) is 12.3. The van der Waals surface area contributed by atoms with Crippen molar-refractivity contribution in [1.82, 2.24) is 10.6 Å². The number of hydrogen-bond acceptors (Lipinski definition) is 2. The maximum Gasteiger partial charge on any atom is 0.228 e. The molecule has 30 heavy (non-hydrogen) atoms. The van der Waals surface area contributed by atoms with Crippen molar-refractivity contribution in [3.8, 4) is 0 Å². The monoisotopic (exact) mass is 499 g/mol. The Kier molecular flexibility index (Phi) is 7.66. The van der Waals surface area contributed by atoms with Crippen LogP contribution in [0.4, 0.5) is 5.69 Å². The highest BCUT2D eigenvalue weighted by Gasteiger charge is 2.34. The van der Waals surface area contributed by atoms with Gasteiger partial charge in [-0.3, -0.25) is 4.79 Å². The lowest BCUT2D eigenvalue weighted by atomic mass is 10.0. The molecular weight excluding hydrogens is 484 g/mol. The highest BCUT2D eigenvalue weighted by atomic mass is 35.6. The first-order chi connectivity index (χ1) is 14.2. The summed E-state index contributed by atoms with van der Waals surface area (Å²) in [6.45, 7) is 0. The van der Waals surface area contributed by atoms with Crippen LogP contribution in [0.15, 0.2) is 66.7 Å². The Morgan fingerprint density at radius 2 is 1.60 bits per heavy atom. The van der Waals surface area contributed by atoms with Crippen molar-refractivity contribution in [2.24, 2.45) is 0 Å². The van der Waals surface area contributed by atoms with Crippen molar-refractivity contribution in [3.63, 3.8) is 0 Å². The van der Waals surface area contributed by atoms with Crippen LogP contribution in [0.25, 0.3) is 10.8 Å². The molecule has 0 bridgehead atoms. The highest BCUT2D eigenvalue weighted by Crippen LogP contribution is 2.29. The second-order valence-corrected chi connectivity index (χ2v) is 9.62. The summed E-state index contributed by atoms with van der Waals surface area (Å²) in [6, 6.07) is 20.7. The zero-order valence-corrected chi connectivity index (χ0v) is 19.3. The molecule has 0 aromatic heterocycles. The van der Waals surface area contributed by atoms with Gasteiger partial charge >= 0.3 is 0 Å². The summed E-state index contributed by atoms with van der Waals surface area (Å²) in [5, 5.41) is 11.1. The first kappa shape index (κ1) is 22.9. The molecule has 156 valence electrons. The van der Waals surface area contributed by atoms with Gasteiger partial charge < -0.3 is 16.0 Å². The lowest BCUT2D eigenvalue weighted by molar-refractivity contribution is -0.121. The predicted octanol–water partition coefficient (Wildman–Crippen LogP) is 5.83. The van der Waals surface area contributed by atoms with E-state index in [9.17, 15) is 4.79 Å². The largest absolute Gasteiger partial charge is 0.339 e. The van der Waals surface area contributed by atoms with Crippen LogP contribution in [0.5, 0.6) is 0 Å². The summed E-state index contributed by atoms with van der Waals surface area (Å²) in [4.78, 5) is 12.7. The van der Waals surface area contributed by atoms with Gasteiger partial charge in [-0.1, -0.05) is 101 Å². The van der Waals surface area contributed by atoms with Crippen molar-refractivity contribution >= 4 is 86.1 Å². The molecule has 0 fully saturated rings. The zero-order chi connectivity index (χ0) is 21.7. The average Bonchev–Trinajstić information content (AvgIpc) is 2.69. The number of anilines is 1. The molecule has 1 atom stereocenters. The van der Waals surface area contributed by atoms with E-state index in [-0.39, 0.29) is 17.4 Å². The molecule has 0 saturated heterocycles. The van der Waals surface area contributed by atoms with Gasteiger partial charge in [-0.15, -0.1) is 0 Å². The van der Waals surface area contributed by atoms with E-state index in [2.05, 4.69) is 16.0 Å². The van der Waals surface area contributed by atoms with Gasteiger partial charge in [0, 0.05) is 0 Å². The topological polar surface area (TPSA) is 53.2 Å². The van der Waals surface area contributed by atoms with Crippen molar-refractivity contribution in [2.75, 3.05) is 5.32 Å². The van der Waals surface area contributed by atoms with Crippen molar-refractivity contribution in [3.05, 3.63) is 77.3 Å². The Labute approximate surface area is 199 Å². The number of alkyl halides is 3. The molecule has 0 heterocycles. The van der Waals surface area contributed by atoms with Gasteiger partial charge in [-0.25, -0.2) is 0 Å². The molecule has 3 aromatic carbocycles. The van der Waals surface area contributed by atoms with Gasteiger partial charge in [0.1, 0.15) is 6.17 Å². The molecule has 0 radical (unpaired) electrons. The van der Waals surface area contributed by atoms with Crippen LogP contribution in [0.1, 0.15) is 5.56 Å². The molecule has 0 spiro atoms. The number of fused-ring (bicyclic) bond motifs is 1. The van der Waals surface area contributed by atoms with Crippen molar-refractivity contribution < 1.29 is 4.79 Å². The number of benzene rings is 3. The summed E-state index contributed by atoms with van der Waals surface area (Å²) >= 11 is 29.6. The maximum atomic E-state index is 12.7. The summed E-state index contributed by atoms with van der Waals surface area (Å²) in [7, 11) is 0. The van der Waals surface area contributed by atoms with Crippen LogP contribution in [0, 0.1) is 0 Å². The second kappa shape index (κ2) is 10.0. The Morgan fingerprint density at radius 1 is 0.933 bits per heavy atom. The minimum atomic E-state index is -1.85. The van der Waals surface area contributed by atoms with E-state index in [0.29, 0.717) is 10.7 Å². The Morgan fingerprint density at radius 3 is 2.33 bits per heavy atom. The van der Waals surface area contributed by atoms with Gasteiger partial charge in [0.15, 0.2) is 5.11 Å². The summed E-state index contributed by atoms with van der Waals surface area (Å²) in [5.41, 5.74) is 1.45. The van der Waals surface area contributed by atoms with Gasteiger partial charge in [-0.05, 0) is 40.7 Å². The quantitative estimate of drug-likeness (QED) is 0.234. The number of halogens is 4. The Bertz CT molecular complexity index is 1070. The van der Waals surface area contributed by atoms with Gasteiger partial charge in [0.2, 0.25) is 9.70 Å². The molecule has 9 heteroatoms. The lowest BCUT2D eigenvalue weighted by Gasteiger charge is -2.28. The van der Waals surface area contributed by atoms with E-state index in [1.807, 2.05) is 42.5 Å². The van der Waals surface area contributed by atoms with Crippen LogP contribution in [0.2, 0.25) is 5.02 Å². The fourth-order valence-electron chi connectivity index (χ4n) is 2.88. The third-order valence-corrected chi connectivity index (χ3v) is 5.47. The van der Waals surface area contributed by atoms with Crippen LogP contribution in [-0.4, -0.2) is 21.0 Å². The van der Waals surface area contributed by atoms with Crippen molar-refractivity contribution in [2.45, 2.75) is 16.4 Å². The summed E-state index contributed by atoms with van der Waals surface area (Å²) in [5.74, 6) is -0.323. The molecule has 0 aliphatic heterocycles. The number of carbonyl (C=O) groups is 1. The Balaban J connectivity index is 1.69. The van der Waals surface area contributed by atoms with Crippen LogP contribution < -0.4 is 16.0 Å². The molecule has 4 nitrogen and oxygen atoms in total. The second-order valence-electron chi connectivity index (χ2n) is 6.44. The third-order valence-electron chi connectivity index (χ3n) is 4.26. The highest BCUT2D eigenvalue weighted by molar-refractivity contribution is 7.80. The molecule has 3 N–H and O–H groups in total. The van der Waals surface area contributed by atoms with E-state index in [4.69, 9.17) is 58.6 Å². The smallest absolute Gasteiger partial charge is 0.228 e. The standard InChI is InChI=1S/C21H17Cl4N3OS/c22-16-10-3-4-11-17(16)26-20(30)28-19(21(23,24)25)27-18(29)12-14-8-5-7-13-6-1-2-9-15(13)14/h1-11,19H,12H2,(H,27,29)(H2,26,28,30)/t19-/m0/s1. The number of thiocarbonyl (C=S) groups is 1. The fourth-order valence-corrected chi connectivity index (χ4v) is 3.62. The summed E-state index contributed by atoms with van der Waals surface area (Å²) < 4.78 is -1.85. The summed E-state index contributed by atoms with van der Waals surface area (Å²) in [6.07, 6.45) is -0.946. The van der Waals surface area contributed by atoms with Crippen LogP contribution in [-0.2, 0) is 11.2 Å². The first-order valence-electron chi connectivity index (χ1n) is 8.89. The number of rotatable bonds is 5. The van der Waals surface area contributed by atoms with Gasteiger partial charge in [0.05, 0.1) is 17.1 Å². The SMILES string of the molecule is O=C(Cc1cccc2ccccc12)N[C@@H](NC(=S)Nc1ccccc1Cl)C(Cl)(Cl)Cl. The number of nitrogens with one attached hydrogen (secondary N) is 3. The number of amides is 1. The van der Waals surface area contributed by atoms with E-state index in [1.165, 1.54) is 0 Å². The van der Waals surface area contributed by atoms with E-state index in [1.54, 1.807) is 24.3 Å². The molecule has 3 rings (SSSR count). The van der Waals surface area contributed by atoms with Gasteiger partial charge in [-0.2, -0.15) is 0 Å². The van der Waals surface area contributed by atoms with E-state index < -0.39 is 9.96 Å². The van der Waals surface area contributed by atoms with E-state index in [0.717, 1.165) is 16.3 Å². The average molecular weight is 501 g/mol. The predicted molar refractivity (Wildman–Crippen MR) is 131 cm³/mol. The minimum absolute atomic E-state index is 0.116. The molecule has 1 amide bonds. The number of para-hydroxylation sites is 1. The zero-order valence-electron chi connectivity index (χ0n) is 15.5. The minimum Gasteiger partial charge on any atom is -0.339 e. The molecule has 0 aliphatic rings. The van der Waals surface area contributed by atoms with Gasteiger partial charge in [0.25, 0.3) is 0 Å². The number of carbonyl (C=O) groups excluding carboxylic acids is 1. The molecule has 0 aliphatic carbocycles.